The Bertz CT molecular complexity index is 402. The average molecular weight is 234 g/mol. The maximum absolute atomic E-state index is 12.0. The van der Waals surface area contributed by atoms with Crippen LogP contribution in [0, 0.1) is 0 Å². The molecule has 2 rings (SSSR count). The minimum absolute atomic E-state index is 0.0461. The lowest BCUT2D eigenvalue weighted by Gasteiger charge is -2.31. The fourth-order valence-corrected chi connectivity index (χ4v) is 2.27. The van der Waals surface area contributed by atoms with Gasteiger partial charge in [0.1, 0.15) is 0 Å². The predicted molar refractivity (Wildman–Crippen MR) is 65.3 cm³/mol. The first-order chi connectivity index (χ1) is 8.09. The number of piperidine rings is 1. The Morgan fingerprint density at radius 1 is 1.00 bits per heavy atom. The normalized spacial score (nSPS) is 21.2. The molecular formula is C13H18N2O2. The van der Waals surface area contributed by atoms with E-state index in [-0.39, 0.29) is 11.6 Å². The quantitative estimate of drug-likeness (QED) is 0.667. The minimum Gasteiger partial charge on any atom is -0.374 e. The Morgan fingerprint density at radius 2 is 1.65 bits per heavy atom. The Balaban J connectivity index is 2.18. The SMILES string of the molecule is CN(C)C1=CC(=O)C(N2CCCCC2)=CC1=O. The van der Waals surface area contributed by atoms with Gasteiger partial charge in [0.25, 0.3) is 0 Å². The van der Waals surface area contributed by atoms with Crippen molar-refractivity contribution in [2.24, 2.45) is 0 Å². The van der Waals surface area contributed by atoms with E-state index < -0.39 is 0 Å². The average Bonchev–Trinajstić information content (AvgIpc) is 2.32. The number of likely N-dealkylation sites (tertiary alicyclic amines) is 1. The molecule has 0 amide bonds. The van der Waals surface area contributed by atoms with E-state index in [1.807, 2.05) is 4.90 Å². The highest BCUT2D eigenvalue weighted by molar-refractivity contribution is 6.19. The third-order valence-corrected chi connectivity index (χ3v) is 3.22. The number of hydrogen-bond acceptors (Lipinski definition) is 4. The second-order valence-corrected chi connectivity index (χ2v) is 4.73. The number of nitrogens with zero attached hydrogens (tertiary/aromatic N) is 2. The topological polar surface area (TPSA) is 40.6 Å². The highest BCUT2D eigenvalue weighted by Gasteiger charge is 2.25. The van der Waals surface area contributed by atoms with Crippen molar-refractivity contribution in [1.82, 2.24) is 9.80 Å². The van der Waals surface area contributed by atoms with Crippen LogP contribution < -0.4 is 0 Å². The molecule has 1 saturated heterocycles. The van der Waals surface area contributed by atoms with Crippen molar-refractivity contribution >= 4 is 11.6 Å². The molecule has 0 spiro atoms. The second-order valence-electron chi connectivity index (χ2n) is 4.73. The van der Waals surface area contributed by atoms with Gasteiger partial charge in [-0.2, -0.15) is 0 Å². The smallest absolute Gasteiger partial charge is 0.204 e. The monoisotopic (exact) mass is 234 g/mol. The summed E-state index contributed by atoms with van der Waals surface area (Å²) in [6.07, 6.45) is 6.35. The number of carbonyl (C=O) groups excluding carboxylic acids is 2. The van der Waals surface area contributed by atoms with E-state index in [2.05, 4.69) is 0 Å². The molecule has 1 aliphatic carbocycles. The Labute approximate surface area is 102 Å². The first-order valence-corrected chi connectivity index (χ1v) is 6.04. The molecule has 1 aliphatic heterocycles. The highest BCUT2D eigenvalue weighted by Crippen LogP contribution is 2.20. The first kappa shape index (κ1) is 11.9. The standard InChI is InChI=1S/C13H18N2O2/c1-14(2)10-8-13(17)11(9-12(10)16)15-6-4-3-5-7-15/h8-9H,3-7H2,1-2H3. The summed E-state index contributed by atoms with van der Waals surface area (Å²) in [4.78, 5) is 27.6. The van der Waals surface area contributed by atoms with Crippen molar-refractivity contribution in [3.8, 4) is 0 Å². The van der Waals surface area contributed by atoms with Crippen LogP contribution in [-0.2, 0) is 9.59 Å². The van der Waals surface area contributed by atoms with Crippen molar-refractivity contribution in [3.63, 3.8) is 0 Å². The Morgan fingerprint density at radius 3 is 2.24 bits per heavy atom. The summed E-state index contributed by atoms with van der Waals surface area (Å²) in [5, 5.41) is 0. The predicted octanol–water partition coefficient (Wildman–Crippen LogP) is 0.954. The number of allylic oxidation sites excluding steroid dienone is 2. The molecule has 0 N–H and O–H groups in total. The van der Waals surface area contributed by atoms with Gasteiger partial charge in [-0.25, -0.2) is 0 Å². The minimum atomic E-state index is -0.0739. The van der Waals surface area contributed by atoms with Gasteiger partial charge in [0.2, 0.25) is 11.6 Å². The maximum Gasteiger partial charge on any atom is 0.204 e. The lowest BCUT2D eigenvalue weighted by molar-refractivity contribution is -0.117. The lowest BCUT2D eigenvalue weighted by Crippen LogP contribution is -2.35. The van der Waals surface area contributed by atoms with E-state index in [1.54, 1.807) is 19.0 Å². The molecule has 17 heavy (non-hydrogen) atoms. The molecule has 0 aromatic carbocycles. The third-order valence-electron chi connectivity index (χ3n) is 3.22. The summed E-state index contributed by atoms with van der Waals surface area (Å²) in [5.41, 5.74) is 1.04. The van der Waals surface area contributed by atoms with Crippen LogP contribution in [0.2, 0.25) is 0 Å². The van der Waals surface area contributed by atoms with E-state index in [0.717, 1.165) is 25.9 Å². The molecule has 1 fully saturated rings. The van der Waals surface area contributed by atoms with Crippen molar-refractivity contribution in [3.05, 3.63) is 23.5 Å². The molecule has 0 aromatic rings. The van der Waals surface area contributed by atoms with Gasteiger partial charge in [-0.15, -0.1) is 0 Å². The van der Waals surface area contributed by atoms with E-state index in [1.165, 1.54) is 18.6 Å². The van der Waals surface area contributed by atoms with Crippen molar-refractivity contribution in [1.29, 1.82) is 0 Å². The largest absolute Gasteiger partial charge is 0.374 e. The third kappa shape index (κ3) is 2.40. The van der Waals surface area contributed by atoms with Crippen molar-refractivity contribution in [2.75, 3.05) is 27.2 Å². The van der Waals surface area contributed by atoms with Crippen LogP contribution in [0.1, 0.15) is 19.3 Å². The van der Waals surface area contributed by atoms with Gasteiger partial charge in [-0.3, -0.25) is 9.59 Å². The van der Waals surface area contributed by atoms with Crippen LogP contribution in [0.4, 0.5) is 0 Å². The fourth-order valence-electron chi connectivity index (χ4n) is 2.27. The molecule has 0 atom stereocenters. The van der Waals surface area contributed by atoms with E-state index in [0.29, 0.717) is 11.4 Å². The van der Waals surface area contributed by atoms with Crippen LogP contribution in [-0.4, -0.2) is 48.6 Å². The van der Waals surface area contributed by atoms with Gasteiger partial charge in [0.15, 0.2) is 0 Å². The zero-order chi connectivity index (χ0) is 12.4. The number of carbonyl (C=O) groups is 2. The van der Waals surface area contributed by atoms with E-state index >= 15 is 0 Å². The lowest BCUT2D eigenvalue weighted by atomic mass is 10.0. The molecule has 0 bridgehead atoms. The van der Waals surface area contributed by atoms with E-state index in [9.17, 15) is 9.59 Å². The van der Waals surface area contributed by atoms with Crippen LogP contribution in [0.3, 0.4) is 0 Å². The van der Waals surface area contributed by atoms with Crippen LogP contribution in [0.5, 0.6) is 0 Å². The van der Waals surface area contributed by atoms with Gasteiger partial charge < -0.3 is 9.80 Å². The maximum atomic E-state index is 12.0. The molecule has 0 radical (unpaired) electrons. The zero-order valence-electron chi connectivity index (χ0n) is 10.4. The molecular weight excluding hydrogens is 216 g/mol. The van der Waals surface area contributed by atoms with Crippen molar-refractivity contribution in [2.45, 2.75) is 19.3 Å². The molecule has 0 aromatic heterocycles. The number of likely N-dealkylation sites (N-methyl/N-ethyl adjacent to an activating group) is 1. The van der Waals surface area contributed by atoms with Crippen LogP contribution >= 0.6 is 0 Å². The molecule has 0 saturated carbocycles. The first-order valence-electron chi connectivity index (χ1n) is 6.04. The Kier molecular flexibility index (Phi) is 3.31. The Hall–Kier alpha value is -1.58. The molecule has 1 heterocycles. The summed E-state index contributed by atoms with van der Waals surface area (Å²) in [7, 11) is 3.55. The van der Waals surface area contributed by atoms with Crippen molar-refractivity contribution < 1.29 is 9.59 Å². The molecule has 0 unspecified atom stereocenters. The van der Waals surface area contributed by atoms with E-state index in [4.69, 9.17) is 0 Å². The summed E-state index contributed by atoms with van der Waals surface area (Å²) in [5.74, 6) is -0.120. The summed E-state index contributed by atoms with van der Waals surface area (Å²) >= 11 is 0. The van der Waals surface area contributed by atoms with Gasteiger partial charge in [0.05, 0.1) is 11.4 Å². The summed E-state index contributed by atoms with van der Waals surface area (Å²) in [6, 6.07) is 0. The summed E-state index contributed by atoms with van der Waals surface area (Å²) in [6.45, 7) is 1.77. The van der Waals surface area contributed by atoms with Crippen LogP contribution in [0.15, 0.2) is 23.5 Å². The van der Waals surface area contributed by atoms with Crippen LogP contribution in [0.25, 0.3) is 0 Å². The summed E-state index contributed by atoms with van der Waals surface area (Å²) < 4.78 is 0. The molecule has 4 heteroatoms. The van der Waals surface area contributed by atoms with Gasteiger partial charge in [0, 0.05) is 39.3 Å². The fraction of sp³-hybridized carbons (Fsp3) is 0.538. The number of hydrogen-bond donors (Lipinski definition) is 0. The van der Waals surface area contributed by atoms with Gasteiger partial charge in [-0.05, 0) is 19.3 Å². The highest BCUT2D eigenvalue weighted by atomic mass is 16.1. The molecule has 2 aliphatic rings. The molecule has 92 valence electrons. The van der Waals surface area contributed by atoms with Gasteiger partial charge in [-0.1, -0.05) is 0 Å². The zero-order valence-corrected chi connectivity index (χ0v) is 10.4. The second kappa shape index (κ2) is 4.73. The van der Waals surface area contributed by atoms with Gasteiger partial charge >= 0.3 is 0 Å². The number of ketones is 2. The molecule has 4 nitrogen and oxygen atoms in total. The number of rotatable bonds is 2.